The van der Waals surface area contributed by atoms with Crippen LogP contribution in [0.25, 0.3) is 16.5 Å². The molecule has 3 aliphatic rings. The summed E-state index contributed by atoms with van der Waals surface area (Å²) in [6, 6.07) is 15.6. The molecule has 27 heavy (non-hydrogen) atoms. The van der Waals surface area contributed by atoms with Crippen LogP contribution < -0.4 is 0 Å². The van der Waals surface area contributed by atoms with E-state index in [1.165, 1.54) is 17.6 Å². The Hall–Kier alpha value is -2.94. The topological polar surface area (TPSA) is 39.1 Å². The Morgan fingerprint density at radius 1 is 0.852 bits per heavy atom. The maximum atomic E-state index is 13.5. The second-order valence-corrected chi connectivity index (χ2v) is 7.88. The number of hydrogen-bond acceptors (Lipinski definition) is 2. The fourth-order valence-electron chi connectivity index (χ4n) is 5.38. The van der Waals surface area contributed by atoms with Crippen molar-refractivity contribution in [2.45, 2.75) is 38.1 Å². The van der Waals surface area contributed by atoms with E-state index in [-0.39, 0.29) is 11.6 Å². The van der Waals surface area contributed by atoms with Gasteiger partial charge in [-0.15, -0.1) is 0 Å². The van der Waals surface area contributed by atoms with Crippen molar-refractivity contribution in [2.75, 3.05) is 0 Å². The van der Waals surface area contributed by atoms with E-state index in [0.717, 1.165) is 35.9 Å². The highest BCUT2D eigenvalue weighted by atomic mass is 16.1. The highest BCUT2D eigenvalue weighted by Gasteiger charge is 2.41. The van der Waals surface area contributed by atoms with E-state index in [2.05, 4.69) is 22.8 Å². The lowest BCUT2D eigenvalue weighted by molar-refractivity contribution is 0.0986. The number of hydrogen-bond donors (Lipinski definition) is 0. The van der Waals surface area contributed by atoms with Gasteiger partial charge in [0.05, 0.1) is 0 Å². The van der Waals surface area contributed by atoms with Gasteiger partial charge in [-0.05, 0) is 25.3 Å². The summed E-state index contributed by atoms with van der Waals surface area (Å²) in [4.78, 5) is 26.8. The lowest BCUT2D eigenvalue weighted by atomic mass is 9.72. The molecule has 0 fully saturated rings. The predicted molar refractivity (Wildman–Crippen MR) is 105 cm³/mol. The smallest absolute Gasteiger partial charge is 0.194 e. The second kappa shape index (κ2) is 5.29. The molecule has 1 aliphatic heterocycles. The standard InChI is InChI=1S/C24H19NO2/c26-23-15-8-1-2-9-16(15)24(27)21-18(23)13-14-7-5-6-12-25-19-11-4-3-10-17(19)20(21)22(14)25/h1-4,8-11,14H,5-7,12-13H2. The summed E-state index contributed by atoms with van der Waals surface area (Å²) in [5.74, 6) is 0.393. The van der Waals surface area contributed by atoms with E-state index in [0.29, 0.717) is 29.0 Å². The molecule has 0 amide bonds. The van der Waals surface area contributed by atoms with Gasteiger partial charge in [0, 0.05) is 56.9 Å². The largest absolute Gasteiger partial charge is 0.344 e. The molecule has 3 heteroatoms. The average molecular weight is 353 g/mol. The van der Waals surface area contributed by atoms with Crippen LogP contribution >= 0.6 is 0 Å². The van der Waals surface area contributed by atoms with E-state index in [1.807, 2.05) is 18.2 Å². The summed E-state index contributed by atoms with van der Waals surface area (Å²) in [5.41, 5.74) is 6.05. The zero-order valence-corrected chi connectivity index (χ0v) is 15.0. The Kier molecular flexibility index (Phi) is 2.97. The normalized spacial score (nSPS) is 21.0. The molecule has 1 aromatic heterocycles. The predicted octanol–water partition coefficient (Wildman–Crippen LogP) is 5.15. The molecular formula is C24H19NO2. The van der Waals surface area contributed by atoms with Crippen molar-refractivity contribution in [1.82, 2.24) is 4.57 Å². The van der Waals surface area contributed by atoms with Gasteiger partial charge in [0.1, 0.15) is 0 Å². The van der Waals surface area contributed by atoms with E-state index < -0.39 is 0 Å². The number of carbonyl (C=O) groups excluding carboxylic acids is 2. The fraction of sp³-hybridized carbons (Fsp3) is 0.250. The quantitative estimate of drug-likeness (QED) is 0.561. The molecule has 0 bridgehead atoms. The molecule has 0 saturated heterocycles. The molecule has 1 atom stereocenters. The number of Topliss-reactive ketones (excluding diaryl/α,β-unsaturated/α-hetero) is 2. The summed E-state index contributed by atoms with van der Waals surface area (Å²) in [6.45, 7) is 0.994. The average Bonchev–Trinajstić information content (AvgIpc) is 2.88. The molecule has 3 aromatic rings. The van der Waals surface area contributed by atoms with Crippen LogP contribution in [0.15, 0.2) is 54.1 Å². The third-order valence-corrected chi connectivity index (χ3v) is 6.50. The lowest BCUT2D eigenvalue weighted by Gasteiger charge is -2.30. The van der Waals surface area contributed by atoms with Gasteiger partial charge in [-0.2, -0.15) is 0 Å². The zero-order valence-electron chi connectivity index (χ0n) is 15.0. The molecule has 132 valence electrons. The summed E-state index contributed by atoms with van der Waals surface area (Å²) in [6.07, 6.45) is 4.09. The van der Waals surface area contributed by atoms with E-state index in [1.54, 1.807) is 12.1 Å². The molecule has 1 unspecified atom stereocenters. The number of nitrogens with zero attached hydrogens (tertiary/aromatic N) is 1. The summed E-state index contributed by atoms with van der Waals surface area (Å²) in [7, 11) is 0. The number of rotatable bonds is 0. The van der Waals surface area contributed by atoms with Crippen LogP contribution in [0.1, 0.15) is 63.6 Å². The Labute approximate surface area is 157 Å². The number of benzene rings is 2. The molecular weight excluding hydrogens is 334 g/mol. The molecule has 2 heterocycles. The first-order valence-electron chi connectivity index (χ1n) is 9.79. The van der Waals surface area contributed by atoms with Crippen LogP contribution in [-0.2, 0) is 6.54 Å². The highest BCUT2D eigenvalue weighted by Crippen LogP contribution is 2.50. The van der Waals surface area contributed by atoms with E-state index >= 15 is 0 Å². The Balaban J connectivity index is 1.73. The van der Waals surface area contributed by atoms with E-state index in [4.69, 9.17) is 0 Å². The van der Waals surface area contributed by atoms with Crippen molar-refractivity contribution in [1.29, 1.82) is 0 Å². The van der Waals surface area contributed by atoms with Gasteiger partial charge in [0.25, 0.3) is 0 Å². The molecule has 0 saturated carbocycles. The van der Waals surface area contributed by atoms with Crippen LogP contribution in [0.2, 0.25) is 0 Å². The number of para-hydroxylation sites is 1. The van der Waals surface area contributed by atoms with Gasteiger partial charge in [-0.3, -0.25) is 9.59 Å². The molecule has 0 N–H and O–H groups in total. The molecule has 0 spiro atoms. The van der Waals surface area contributed by atoms with Crippen LogP contribution in [0.4, 0.5) is 0 Å². The van der Waals surface area contributed by atoms with Gasteiger partial charge >= 0.3 is 0 Å². The molecule has 2 aromatic carbocycles. The number of aryl methyl sites for hydroxylation is 1. The second-order valence-electron chi connectivity index (χ2n) is 7.88. The van der Waals surface area contributed by atoms with Crippen molar-refractivity contribution in [2.24, 2.45) is 0 Å². The van der Waals surface area contributed by atoms with Gasteiger partial charge < -0.3 is 4.57 Å². The first-order chi connectivity index (χ1) is 13.3. The van der Waals surface area contributed by atoms with Crippen LogP contribution in [0, 0.1) is 0 Å². The van der Waals surface area contributed by atoms with Gasteiger partial charge in [0.2, 0.25) is 0 Å². The third-order valence-electron chi connectivity index (χ3n) is 6.50. The zero-order chi connectivity index (χ0) is 18.1. The minimum absolute atomic E-state index is 0.0158. The molecule has 3 nitrogen and oxygen atoms in total. The maximum Gasteiger partial charge on any atom is 0.194 e. The first kappa shape index (κ1) is 15.2. The van der Waals surface area contributed by atoms with E-state index in [9.17, 15) is 9.59 Å². The first-order valence-corrected chi connectivity index (χ1v) is 9.79. The van der Waals surface area contributed by atoms with Crippen molar-refractivity contribution < 1.29 is 9.59 Å². The van der Waals surface area contributed by atoms with Gasteiger partial charge in [-0.25, -0.2) is 0 Å². The Bertz CT molecular complexity index is 1190. The fourth-order valence-corrected chi connectivity index (χ4v) is 5.38. The Morgan fingerprint density at radius 2 is 1.59 bits per heavy atom. The van der Waals surface area contributed by atoms with Crippen molar-refractivity contribution in [3.05, 3.63) is 76.5 Å². The minimum Gasteiger partial charge on any atom is -0.344 e. The van der Waals surface area contributed by atoms with Crippen molar-refractivity contribution in [3.63, 3.8) is 0 Å². The molecule has 2 aliphatic carbocycles. The monoisotopic (exact) mass is 353 g/mol. The SMILES string of the molecule is O=C1C2=C(C(=O)c3ccccc31)c1c3n(c4ccccc14)CCCCC3C2. The summed E-state index contributed by atoms with van der Waals surface area (Å²) >= 11 is 0. The van der Waals surface area contributed by atoms with Crippen LogP contribution in [0.5, 0.6) is 0 Å². The summed E-state index contributed by atoms with van der Waals surface area (Å²) in [5, 5.41) is 1.12. The lowest BCUT2D eigenvalue weighted by Crippen LogP contribution is -2.26. The molecule has 0 radical (unpaired) electrons. The number of ketones is 2. The minimum atomic E-state index is 0.0158. The number of aromatic nitrogens is 1. The highest BCUT2D eigenvalue weighted by molar-refractivity contribution is 6.42. The number of carbonyl (C=O) groups is 2. The van der Waals surface area contributed by atoms with Gasteiger partial charge in [0.15, 0.2) is 11.6 Å². The Morgan fingerprint density at radius 3 is 2.44 bits per heavy atom. The van der Waals surface area contributed by atoms with Crippen LogP contribution in [0.3, 0.4) is 0 Å². The number of fused-ring (bicyclic) bond motifs is 5. The van der Waals surface area contributed by atoms with Crippen LogP contribution in [-0.4, -0.2) is 16.1 Å². The molecule has 6 rings (SSSR count). The van der Waals surface area contributed by atoms with Crippen molar-refractivity contribution >= 4 is 28.0 Å². The van der Waals surface area contributed by atoms with Gasteiger partial charge in [-0.1, -0.05) is 48.9 Å². The summed E-state index contributed by atoms with van der Waals surface area (Å²) < 4.78 is 2.42. The van der Waals surface area contributed by atoms with Crippen molar-refractivity contribution in [3.8, 4) is 0 Å². The third kappa shape index (κ3) is 1.86. The maximum absolute atomic E-state index is 13.5. The number of allylic oxidation sites excluding steroid dienone is 2.